The van der Waals surface area contributed by atoms with Gasteiger partial charge in [0.2, 0.25) is 0 Å². The number of ether oxygens (including phenoxy) is 4. The van der Waals surface area contributed by atoms with Crippen LogP contribution in [0.25, 0.3) is 0 Å². The number of anilines is 2. The van der Waals surface area contributed by atoms with Crippen LogP contribution in [0.3, 0.4) is 0 Å². The SMILES string of the molecule is CCCOc1ccc(NC(=O)C(=O)N/N=C\c2cc(I)c(OCC(=O)Nc3ccc(OC)cc3)c(OCC)c2)cc1. The van der Waals surface area contributed by atoms with Crippen LogP contribution in [0.15, 0.2) is 65.8 Å². The van der Waals surface area contributed by atoms with E-state index in [1.807, 2.05) is 13.8 Å². The number of amides is 3. The lowest BCUT2D eigenvalue weighted by molar-refractivity contribution is -0.136. The summed E-state index contributed by atoms with van der Waals surface area (Å²) in [7, 11) is 1.57. The molecule has 0 heterocycles. The number of halogens is 1. The molecule has 0 bridgehead atoms. The second-order valence-corrected chi connectivity index (χ2v) is 9.52. The van der Waals surface area contributed by atoms with Crippen LogP contribution in [-0.2, 0) is 14.4 Å². The Morgan fingerprint density at radius 3 is 2.15 bits per heavy atom. The van der Waals surface area contributed by atoms with E-state index < -0.39 is 11.8 Å². The van der Waals surface area contributed by atoms with E-state index in [0.717, 1.165) is 6.42 Å². The smallest absolute Gasteiger partial charge is 0.329 e. The summed E-state index contributed by atoms with van der Waals surface area (Å²) in [6.07, 6.45) is 2.25. The van der Waals surface area contributed by atoms with Crippen molar-refractivity contribution in [2.75, 3.05) is 37.6 Å². The molecule has 11 nitrogen and oxygen atoms in total. The number of hydrogen-bond acceptors (Lipinski definition) is 8. The van der Waals surface area contributed by atoms with Gasteiger partial charge in [-0.15, -0.1) is 0 Å². The molecule has 0 saturated heterocycles. The lowest BCUT2D eigenvalue weighted by Gasteiger charge is -2.14. The fraction of sp³-hybridized carbons (Fsp3) is 0.241. The quantitative estimate of drug-likeness (QED) is 0.104. The Morgan fingerprint density at radius 1 is 0.854 bits per heavy atom. The number of benzene rings is 3. The number of methoxy groups -OCH3 is 1. The van der Waals surface area contributed by atoms with Crippen molar-refractivity contribution in [3.8, 4) is 23.0 Å². The van der Waals surface area contributed by atoms with Crippen LogP contribution < -0.4 is 35.0 Å². The minimum absolute atomic E-state index is 0.241. The molecule has 3 N–H and O–H groups in total. The van der Waals surface area contributed by atoms with Crippen molar-refractivity contribution in [2.24, 2.45) is 5.10 Å². The molecule has 0 aliphatic heterocycles. The summed E-state index contributed by atoms with van der Waals surface area (Å²) in [4.78, 5) is 36.8. The Morgan fingerprint density at radius 2 is 1.51 bits per heavy atom. The average Bonchev–Trinajstić information content (AvgIpc) is 2.97. The summed E-state index contributed by atoms with van der Waals surface area (Å²) in [5, 5.41) is 9.14. The number of hydrazone groups is 1. The summed E-state index contributed by atoms with van der Waals surface area (Å²) < 4.78 is 22.7. The molecule has 0 aliphatic rings. The maximum Gasteiger partial charge on any atom is 0.329 e. The Kier molecular flexibility index (Phi) is 12.2. The number of rotatable bonds is 13. The Balaban J connectivity index is 1.56. The highest BCUT2D eigenvalue weighted by Crippen LogP contribution is 2.34. The van der Waals surface area contributed by atoms with Gasteiger partial charge in [0, 0.05) is 11.4 Å². The number of hydrogen-bond donors (Lipinski definition) is 3. The monoisotopic (exact) mass is 674 g/mol. The third kappa shape index (κ3) is 9.98. The molecule has 41 heavy (non-hydrogen) atoms. The summed E-state index contributed by atoms with van der Waals surface area (Å²) in [6, 6.07) is 17.0. The van der Waals surface area contributed by atoms with Crippen molar-refractivity contribution in [1.82, 2.24) is 5.43 Å². The van der Waals surface area contributed by atoms with Crippen LogP contribution in [0.4, 0.5) is 11.4 Å². The molecule has 12 heteroatoms. The largest absolute Gasteiger partial charge is 0.497 e. The molecular weight excluding hydrogens is 643 g/mol. The molecule has 3 aromatic rings. The highest BCUT2D eigenvalue weighted by molar-refractivity contribution is 14.1. The first kappa shape index (κ1) is 31.2. The first-order valence-electron chi connectivity index (χ1n) is 12.7. The van der Waals surface area contributed by atoms with Gasteiger partial charge in [0.15, 0.2) is 18.1 Å². The van der Waals surface area contributed by atoms with E-state index in [1.165, 1.54) is 6.21 Å². The zero-order valence-corrected chi connectivity index (χ0v) is 25.0. The molecule has 216 valence electrons. The van der Waals surface area contributed by atoms with Crippen LogP contribution in [0, 0.1) is 3.57 Å². The molecule has 0 spiro atoms. The summed E-state index contributed by atoms with van der Waals surface area (Å²) in [6.45, 7) is 4.53. The highest BCUT2D eigenvalue weighted by atomic mass is 127. The summed E-state index contributed by atoms with van der Waals surface area (Å²) >= 11 is 2.05. The molecule has 0 aliphatic carbocycles. The molecule has 0 saturated carbocycles. The van der Waals surface area contributed by atoms with Crippen LogP contribution in [0.2, 0.25) is 0 Å². The van der Waals surface area contributed by atoms with E-state index in [2.05, 4.69) is 43.8 Å². The van der Waals surface area contributed by atoms with Crippen molar-refractivity contribution < 1.29 is 33.3 Å². The predicted octanol–water partition coefficient (Wildman–Crippen LogP) is 4.59. The first-order chi connectivity index (χ1) is 19.8. The number of carbonyl (C=O) groups is 3. The minimum Gasteiger partial charge on any atom is -0.497 e. The van der Waals surface area contributed by atoms with Gasteiger partial charge in [-0.25, -0.2) is 5.43 Å². The van der Waals surface area contributed by atoms with Gasteiger partial charge in [-0.05, 0) is 102 Å². The molecule has 0 unspecified atom stereocenters. The molecule has 0 aromatic heterocycles. The van der Waals surface area contributed by atoms with Gasteiger partial charge in [-0.2, -0.15) is 5.10 Å². The van der Waals surface area contributed by atoms with Gasteiger partial charge in [0.05, 0.1) is 30.1 Å². The van der Waals surface area contributed by atoms with Gasteiger partial charge < -0.3 is 29.6 Å². The Hall–Kier alpha value is -4.33. The van der Waals surface area contributed by atoms with Gasteiger partial charge in [0.25, 0.3) is 5.91 Å². The molecule has 3 rings (SSSR count). The number of nitrogens with one attached hydrogen (secondary N) is 3. The average molecular weight is 674 g/mol. The lowest BCUT2D eigenvalue weighted by atomic mass is 10.2. The predicted molar refractivity (Wildman–Crippen MR) is 164 cm³/mol. The van der Waals surface area contributed by atoms with Crippen molar-refractivity contribution in [1.29, 1.82) is 0 Å². The molecule has 0 radical (unpaired) electrons. The second kappa shape index (κ2) is 16.1. The zero-order valence-electron chi connectivity index (χ0n) is 22.9. The maximum atomic E-state index is 12.4. The lowest BCUT2D eigenvalue weighted by Crippen LogP contribution is -2.32. The van der Waals surface area contributed by atoms with Crippen molar-refractivity contribution in [3.05, 3.63) is 69.8 Å². The van der Waals surface area contributed by atoms with E-state index in [-0.39, 0.29) is 12.5 Å². The Labute approximate surface area is 251 Å². The van der Waals surface area contributed by atoms with Crippen LogP contribution >= 0.6 is 22.6 Å². The van der Waals surface area contributed by atoms with Gasteiger partial charge in [-0.1, -0.05) is 6.92 Å². The molecular formula is C29H31IN4O7. The van der Waals surface area contributed by atoms with Gasteiger partial charge in [0.1, 0.15) is 11.5 Å². The second-order valence-electron chi connectivity index (χ2n) is 8.35. The van der Waals surface area contributed by atoms with E-state index in [9.17, 15) is 14.4 Å². The van der Waals surface area contributed by atoms with Crippen molar-refractivity contribution in [2.45, 2.75) is 20.3 Å². The van der Waals surface area contributed by atoms with Crippen LogP contribution in [-0.4, -0.2) is 50.9 Å². The minimum atomic E-state index is -0.935. The highest BCUT2D eigenvalue weighted by Gasteiger charge is 2.15. The van der Waals surface area contributed by atoms with E-state index in [0.29, 0.717) is 56.7 Å². The van der Waals surface area contributed by atoms with Crippen LogP contribution in [0.5, 0.6) is 23.0 Å². The molecule has 0 atom stereocenters. The van der Waals surface area contributed by atoms with E-state index in [4.69, 9.17) is 18.9 Å². The first-order valence-corrected chi connectivity index (χ1v) is 13.8. The fourth-order valence-corrected chi connectivity index (χ4v) is 4.11. The Bertz CT molecular complexity index is 1360. The van der Waals surface area contributed by atoms with Crippen molar-refractivity contribution in [3.63, 3.8) is 0 Å². The van der Waals surface area contributed by atoms with E-state index in [1.54, 1.807) is 67.8 Å². The normalized spacial score (nSPS) is 10.5. The van der Waals surface area contributed by atoms with Gasteiger partial charge >= 0.3 is 11.8 Å². The maximum absolute atomic E-state index is 12.4. The topological polar surface area (TPSA) is 137 Å². The molecule has 3 aromatic carbocycles. The summed E-state index contributed by atoms with van der Waals surface area (Å²) in [5.74, 6) is -0.00633. The number of nitrogens with zero attached hydrogens (tertiary/aromatic N) is 1. The molecule has 3 amide bonds. The van der Waals surface area contributed by atoms with Crippen LogP contribution in [0.1, 0.15) is 25.8 Å². The van der Waals surface area contributed by atoms with E-state index >= 15 is 0 Å². The standard InChI is InChI=1S/C29H31IN4O7/c1-4-14-40-23-12-8-21(9-13-23)33-28(36)29(37)34-31-17-19-15-24(30)27(25(16-19)39-5-2)41-18-26(35)32-20-6-10-22(38-3)11-7-20/h6-13,15-17H,4-5,14,18H2,1-3H3,(H,32,35)(H,33,36)(H,34,37)/b31-17-. The third-order valence-corrected chi connectivity index (χ3v) is 6.03. The van der Waals surface area contributed by atoms with Gasteiger partial charge in [-0.3, -0.25) is 14.4 Å². The molecule has 0 fully saturated rings. The third-order valence-electron chi connectivity index (χ3n) is 5.22. The number of carbonyl (C=O) groups excluding carboxylic acids is 3. The summed E-state index contributed by atoms with van der Waals surface area (Å²) in [5.41, 5.74) is 3.84. The zero-order chi connectivity index (χ0) is 29.6. The fourth-order valence-electron chi connectivity index (χ4n) is 3.33. The van der Waals surface area contributed by atoms with Crippen molar-refractivity contribution >= 4 is 57.9 Å².